The van der Waals surface area contributed by atoms with E-state index in [0.717, 1.165) is 6.29 Å². The van der Waals surface area contributed by atoms with Crippen molar-refractivity contribution < 1.29 is 18.3 Å². The molecule has 0 fully saturated rings. The van der Waals surface area contributed by atoms with Crippen molar-refractivity contribution >= 4 is 22.2 Å². The summed E-state index contributed by atoms with van der Waals surface area (Å²) in [6, 6.07) is 11.6. The Bertz CT molecular complexity index is 582. The smallest absolute Gasteiger partial charge is 0.387 e. The van der Waals surface area contributed by atoms with Gasteiger partial charge in [-0.1, -0.05) is 36.4 Å². The van der Waals surface area contributed by atoms with Gasteiger partial charge in [-0.2, -0.15) is 8.78 Å². The third kappa shape index (κ3) is 3.17. The predicted octanol–water partition coefficient (Wildman–Crippen LogP) is 4.53. The van der Waals surface area contributed by atoms with Gasteiger partial charge in [0.05, 0.1) is 4.47 Å². The second-order valence-corrected chi connectivity index (χ2v) is 4.59. The highest BCUT2D eigenvalue weighted by atomic mass is 79.9. The maximum absolute atomic E-state index is 12.4. The van der Waals surface area contributed by atoms with Gasteiger partial charge in [0.1, 0.15) is 12.0 Å². The number of halogens is 3. The van der Waals surface area contributed by atoms with Gasteiger partial charge in [0.25, 0.3) is 0 Å². The molecular formula is C14H9BrF2O2. The third-order valence-corrected chi connectivity index (χ3v) is 3.16. The number of para-hydroxylation sites is 1. The summed E-state index contributed by atoms with van der Waals surface area (Å²) in [4.78, 5) is 10.6. The van der Waals surface area contributed by atoms with Crippen LogP contribution in [-0.2, 0) is 0 Å². The fourth-order valence-corrected chi connectivity index (χ4v) is 2.15. The van der Waals surface area contributed by atoms with Gasteiger partial charge in [-0.15, -0.1) is 0 Å². The normalized spacial score (nSPS) is 10.5. The summed E-state index contributed by atoms with van der Waals surface area (Å²) in [5.74, 6) is 0.0800. The number of benzene rings is 2. The van der Waals surface area contributed by atoms with E-state index in [1.807, 2.05) is 0 Å². The molecule has 0 spiro atoms. The van der Waals surface area contributed by atoms with Crippen LogP contribution >= 0.6 is 15.9 Å². The van der Waals surface area contributed by atoms with Crippen LogP contribution in [0, 0.1) is 0 Å². The van der Waals surface area contributed by atoms with Gasteiger partial charge in [0.2, 0.25) is 0 Å². The number of hydrogen-bond donors (Lipinski definition) is 0. The molecule has 0 saturated carbocycles. The lowest BCUT2D eigenvalue weighted by Gasteiger charge is -2.12. The number of carbonyl (C=O) groups is 1. The van der Waals surface area contributed by atoms with E-state index in [0.29, 0.717) is 21.2 Å². The SMILES string of the molecule is O=Cc1ccc(-c2cccc(Br)c2OC(F)F)cc1. The summed E-state index contributed by atoms with van der Waals surface area (Å²) in [5.41, 5.74) is 1.75. The molecule has 2 nitrogen and oxygen atoms in total. The first-order valence-electron chi connectivity index (χ1n) is 5.41. The van der Waals surface area contributed by atoms with Gasteiger partial charge in [-0.05, 0) is 27.6 Å². The molecule has 0 heterocycles. The molecule has 2 rings (SSSR count). The van der Waals surface area contributed by atoms with Crippen molar-refractivity contribution in [1.82, 2.24) is 0 Å². The van der Waals surface area contributed by atoms with Crippen LogP contribution in [-0.4, -0.2) is 12.9 Å². The summed E-state index contributed by atoms with van der Waals surface area (Å²) in [5, 5.41) is 0. The van der Waals surface area contributed by atoms with Crippen molar-refractivity contribution in [3.63, 3.8) is 0 Å². The number of rotatable bonds is 4. The zero-order valence-corrected chi connectivity index (χ0v) is 11.2. The maximum Gasteiger partial charge on any atom is 0.387 e. The zero-order chi connectivity index (χ0) is 13.8. The summed E-state index contributed by atoms with van der Waals surface area (Å²) in [6.07, 6.45) is 0.723. The fraction of sp³-hybridized carbons (Fsp3) is 0.0714. The molecule has 0 aliphatic carbocycles. The molecule has 2 aromatic carbocycles. The van der Waals surface area contributed by atoms with Crippen LogP contribution in [0.1, 0.15) is 10.4 Å². The summed E-state index contributed by atoms with van der Waals surface area (Å²) in [6.45, 7) is -2.90. The van der Waals surface area contributed by atoms with Crippen molar-refractivity contribution in [1.29, 1.82) is 0 Å². The lowest BCUT2D eigenvalue weighted by atomic mass is 10.0. The highest BCUT2D eigenvalue weighted by Gasteiger charge is 2.14. The molecule has 0 aromatic heterocycles. The van der Waals surface area contributed by atoms with E-state index in [-0.39, 0.29) is 5.75 Å². The number of aldehydes is 1. The van der Waals surface area contributed by atoms with Gasteiger partial charge in [0.15, 0.2) is 0 Å². The molecule has 0 saturated heterocycles. The van der Waals surface area contributed by atoms with E-state index in [4.69, 9.17) is 0 Å². The largest absolute Gasteiger partial charge is 0.433 e. The van der Waals surface area contributed by atoms with E-state index in [1.54, 1.807) is 42.5 Å². The Morgan fingerprint density at radius 1 is 1.11 bits per heavy atom. The Morgan fingerprint density at radius 2 is 1.79 bits per heavy atom. The van der Waals surface area contributed by atoms with Crippen LogP contribution < -0.4 is 4.74 Å². The number of carbonyl (C=O) groups excluding carboxylic acids is 1. The molecule has 0 aliphatic heterocycles. The van der Waals surface area contributed by atoms with Crippen LogP contribution in [0.3, 0.4) is 0 Å². The molecule has 0 N–H and O–H groups in total. The van der Waals surface area contributed by atoms with Crippen molar-refractivity contribution in [2.24, 2.45) is 0 Å². The lowest BCUT2D eigenvalue weighted by molar-refractivity contribution is -0.0499. The van der Waals surface area contributed by atoms with E-state index < -0.39 is 6.61 Å². The topological polar surface area (TPSA) is 26.3 Å². The summed E-state index contributed by atoms with van der Waals surface area (Å²) in [7, 11) is 0. The number of hydrogen-bond acceptors (Lipinski definition) is 2. The van der Waals surface area contributed by atoms with Gasteiger partial charge < -0.3 is 4.74 Å². The monoisotopic (exact) mass is 326 g/mol. The van der Waals surface area contributed by atoms with Crippen molar-refractivity contribution in [2.45, 2.75) is 6.61 Å². The first-order valence-corrected chi connectivity index (χ1v) is 6.20. The van der Waals surface area contributed by atoms with Gasteiger partial charge in [0, 0.05) is 11.1 Å². The average molecular weight is 327 g/mol. The van der Waals surface area contributed by atoms with Gasteiger partial charge in [-0.3, -0.25) is 4.79 Å². The summed E-state index contributed by atoms with van der Waals surface area (Å²) >= 11 is 3.19. The van der Waals surface area contributed by atoms with E-state index in [9.17, 15) is 13.6 Å². The minimum Gasteiger partial charge on any atom is -0.433 e. The maximum atomic E-state index is 12.4. The molecule has 0 atom stereocenters. The van der Waals surface area contributed by atoms with Crippen LogP contribution in [0.25, 0.3) is 11.1 Å². The minimum atomic E-state index is -2.90. The van der Waals surface area contributed by atoms with Crippen LogP contribution in [0.4, 0.5) is 8.78 Å². The highest BCUT2D eigenvalue weighted by Crippen LogP contribution is 2.37. The molecule has 98 valence electrons. The quantitative estimate of drug-likeness (QED) is 0.771. The van der Waals surface area contributed by atoms with Crippen LogP contribution in [0.15, 0.2) is 46.9 Å². The second kappa shape index (κ2) is 5.93. The Kier molecular flexibility index (Phi) is 4.27. The Balaban J connectivity index is 2.48. The van der Waals surface area contributed by atoms with Gasteiger partial charge in [-0.25, -0.2) is 0 Å². The average Bonchev–Trinajstić information content (AvgIpc) is 2.41. The number of ether oxygens (including phenoxy) is 1. The standard InChI is InChI=1S/C14H9BrF2O2/c15-12-3-1-2-11(13(12)19-14(16)17)10-6-4-9(8-18)5-7-10/h1-8,14H. The Labute approximate surface area is 117 Å². The fourth-order valence-electron chi connectivity index (χ4n) is 1.69. The summed E-state index contributed by atoms with van der Waals surface area (Å²) < 4.78 is 29.8. The van der Waals surface area contributed by atoms with Crippen LogP contribution in [0.5, 0.6) is 5.75 Å². The first kappa shape index (κ1) is 13.7. The molecular weight excluding hydrogens is 318 g/mol. The molecule has 5 heteroatoms. The minimum absolute atomic E-state index is 0.0800. The first-order chi connectivity index (χ1) is 9.11. The van der Waals surface area contributed by atoms with E-state index >= 15 is 0 Å². The molecule has 0 radical (unpaired) electrons. The molecule has 2 aromatic rings. The van der Waals surface area contributed by atoms with Crippen molar-refractivity contribution in [2.75, 3.05) is 0 Å². The van der Waals surface area contributed by atoms with E-state index in [1.165, 1.54) is 0 Å². The van der Waals surface area contributed by atoms with Gasteiger partial charge >= 0.3 is 6.61 Å². The second-order valence-electron chi connectivity index (χ2n) is 3.73. The Hall–Kier alpha value is -1.75. The Morgan fingerprint density at radius 3 is 2.37 bits per heavy atom. The molecule has 0 unspecified atom stereocenters. The number of alkyl halides is 2. The third-order valence-electron chi connectivity index (χ3n) is 2.53. The molecule has 0 aliphatic rings. The molecule has 0 bridgehead atoms. The highest BCUT2D eigenvalue weighted by molar-refractivity contribution is 9.10. The molecule has 0 amide bonds. The van der Waals surface area contributed by atoms with Crippen molar-refractivity contribution in [3.8, 4) is 16.9 Å². The molecule has 19 heavy (non-hydrogen) atoms. The zero-order valence-electron chi connectivity index (χ0n) is 9.65. The van der Waals surface area contributed by atoms with Crippen molar-refractivity contribution in [3.05, 3.63) is 52.5 Å². The van der Waals surface area contributed by atoms with E-state index in [2.05, 4.69) is 20.7 Å². The predicted molar refractivity (Wildman–Crippen MR) is 71.6 cm³/mol. The lowest BCUT2D eigenvalue weighted by Crippen LogP contribution is -2.03. The van der Waals surface area contributed by atoms with Crippen LogP contribution in [0.2, 0.25) is 0 Å².